The maximum atomic E-state index is 9.95. The van der Waals surface area contributed by atoms with Crippen LogP contribution in [0.4, 0.5) is 0 Å². The summed E-state index contributed by atoms with van der Waals surface area (Å²) in [6.07, 6.45) is -0.239. The smallest absolute Gasteiger partial charge is 0.184 e. The summed E-state index contributed by atoms with van der Waals surface area (Å²) in [5.74, 6) is -0.0113. The zero-order valence-corrected chi connectivity index (χ0v) is 9.04. The fraction of sp³-hybridized carbons (Fsp3) is 0.818. The number of rotatable bonds is 1. The van der Waals surface area contributed by atoms with Crippen LogP contribution in [0, 0.1) is 0 Å². The molecule has 0 aromatic rings. The van der Waals surface area contributed by atoms with Crippen LogP contribution in [0.15, 0.2) is 11.3 Å². The molecule has 1 aliphatic carbocycles. The standard InChI is InChI=1S/C11H18O5/c12-7(6-4-2-1-3-5-6)10-8(13)9(14)11(15)16-10/h8-15H,1-5H2/t8-,9-,10-,11+/m1/s1. The lowest BCUT2D eigenvalue weighted by atomic mass is 9.92. The molecule has 1 aliphatic heterocycles. The minimum Gasteiger partial charge on any atom is -0.509 e. The molecular weight excluding hydrogens is 212 g/mol. The summed E-state index contributed by atoms with van der Waals surface area (Å²) in [7, 11) is 0. The Morgan fingerprint density at radius 1 is 1.00 bits per heavy atom. The molecule has 1 saturated carbocycles. The molecule has 0 aromatic heterocycles. The van der Waals surface area contributed by atoms with E-state index < -0.39 is 24.6 Å². The van der Waals surface area contributed by atoms with Gasteiger partial charge in [0.1, 0.15) is 24.1 Å². The molecule has 4 N–H and O–H groups in total. The van der Waals surface area contributed by atoms with Crippen LogP contribution in [0.5, 0.6) is 0 Å². The van der Waals surface area contributed by atoms with Crippen molar-refractivity contribution in [3.63, 3.8) is 0 Å². The molecule has 2 aliphatic rings. The molecule has 0 aromatic carbocycles. The van der Waals surface area contributed by atoms with E-state index in [2.05, 4.69) is 0 Å². The van der Waals surface area contributed by atoms with Gasteiger partial charge in [-0.25, -0.2) is 0 Å². The number of ether oxygens (including phenoxy) is 1. The van der Waals surface area contributed by atoms with E-state index in [0.29, 0.717) is 0 Å². The predicted octanol–water partition coefficient (Wildman–Crippen LogP) is 0.202. The van der Waals surface area contributed by atoms with Gasteiger partial charge in [-0.2, -0.15) is 0 Å². The lowest BCUT2D eigenvalue weighted by molar-refractivity contribution is -0.125. The van der Waals surface area contributed by atoms with E-state index in [-0.39, 0.29) is 5.76 Å². The van der Waals surface area contributed by atoms with Gasteiger partial charge in [0.15, 0.2) is 6.29 Å². The topological polar surface area (TPSA) is 90.2 Å². The van der Waals surface area contributed by atoms with Crippen molar-refractivity contribution in [3.05, 3.63) is 11.3 Å². The Morgan fingerprint density at radius 2 is 1.62 bits per heavy atom. The van der Waals surface area contributed by atoms with Crippen LogP contribution >= 0.6 is 0 Å². The predicted molar refractivity (Wildman–Crippen MR) is 55.6 cm³/mol. The molecule has 5 heteroatoms. The molecule has 16 heavy (non-hydrogen) atoms. The van der Waals surface area contributed by atoms with Crippen LogP contribution < -0.4 is 0 Å². The fourth-order valence-electron chi connectivity index (χ4n) is 2.32. The first-order valence-corrected chi connectivity index (χ1v) is 5.72. The zero-order chi connectivity index (χ0) is 11.7. The van der Waals surface area contributed by atoms with Gasteiger partial charge in [0.05, 0.1) is 0 Å². The first kappa shape index (κ1) is 11.9. The monoisotopic (exact) mass is 230 g/mol. The van der Waals surface area contributed by atoms with Crippen molar-refractivity contribution in [2.24, 2.45) is 0 Å². The number of aliphatic hydroxyl groups is 4. The maximum Gasteiger partial charge on any atom is 0.184 e. The second-order valence-corrected chi connectivity index (χ2v) is 4.48. The maximum absolute atomic E-state index is 9.95. The van der Waals surface area contributed by atoms with Crippen molar-refractivity contribution < 1.29 is 25.2 Å². The minimum absolute atomic E-state index is 0.0113. The van der Waals surface area contributed by atoms with Gasteiger partial charge in [-0.1, -0.05) is 6.42 Å². The summed E-state index contributed by atoms with van der Waals surface area (Å²) in [5, 5.41) is 38.1. The summed E-state index contributed by atoms with van der Waals surface area (Å²) < 4.78 is 4.95. The van der Waals surface area contributed by atoms with Crippen LogP contribution in [0.2, 0.25) is 0 Å². The average Bonchev–Trinajstić information content (AvgIpc) is 2.57. The Morgan fingerprint density at radius 3 is 2.12 bits per heavy atom. The molecule has 0 bridgehead atoms. The van der Waals surface area contributed by atoms with E-state index >= 15 is 0 Å². The van der Waals surface area contributed by atoms with Crippen molar-refractivity contribution in [1.82, 2.24) is 0 Å². The van der Waals surface area contributed by atoms with E-state index in [1.807, 2.05) is 0 Å². The van der Waals surface area contributed by atoms with E-state index in [4.69, 9.17) is 4.74 Å². The lowest BCUT2D eigenvalue weighted by Gasteiger charge is -2.20. The third-order valence-electron chi connectivity index (χ3n) is 3.33. The third kappa shape index (κ3) is 2.08. The van der Waals surface area contributed by atoms with Crippen molar-refractivity contribution in [2.45, 2.75) is 56.7 Å². The van der Waals surface area contributed by atoms with Crippen molar-refractivity contribution in [1.29, 1.82) is 0 Å². The highest BCUT2D eigenvalue weighted by atomic mass is 16.6. The van der Waals surface area contributed by atoms with E-state index in [1.54, 1.807) is 0 Å². The molecular formula is C11H18O5. The lowest BCUT2D eigenvalue weighted by Crippen LogP contribution is -2.33. The van der Waals surface area contributed by atoms with Crippen molar-refractivity contribution >= 4 is 0 Å². The second-order valence-electron chi connectivity index (χ2n) is 4.48. The largest absolute Gasteiger partial charge is 0.509 e. The summed E-state index contributed by atoms with van der Waals surface area (Å²) >= 11 is 0. The van der Waals surface area contributed by atoms with Gasteiger partial charge in [-0.05, 0) is 31.3 Å². The molecule has 4 atom stereocenters. The molecule has 0 spiro atoms. The number of hydrogen-bond donors (Lipinski definition) is 4. The molecule has 1 heterocycles. The van der Waals surface area contributed by atoms with Crippen LogP contribution in [0.1, 0.15) is 32.1 Å². The van der Waals surface area contributed by atoms with E-state index in [9.17, 15) is 20.4 Å². The number of aliphatic hydroxyl groups excluding tert-OH is 4. The highest BCUT2D eigenvalue weighted by Gasteiger charge is 2.44. The molecule has 2 rings (SSSR count). The van der Waals surface area contributed by atoms with Crippen LogP contribution in [-0.2, 0) is 4.74 Å². The van der Waals surface area contributed by atoms with Crippen molar-refractivity contribution in [3.8, 4) is 0 Å². The molecule has 0 amide bonds. The SMILES string of the molecule is OC(=C1CCCCC1)[C@H]1O[C@H](O)[C@H](O)[C@H]1O. The highest BCUT2D eigenvalue weighted by Crippen LogP contribution is 2.31. The molecule has 2 fully saturated rings. The summed E-state index contributed by atoms with van der Waals surface area (Å²) in [4.78, 5) is 0. The summed E-state index contributed by atoms with van der Waals surface area (Å²) in [5.41, 5.74) is 0.872. The second kappa shape index (κ2) is 4.71. The summed E-state index contributed by atoms with van der Waals surface area (Å²) in [6, 6.07) is 0. The molecule has 5 nitrogen and oxygen atoms in total. The Bertz CT molecular complexity index is 280. The van der Waals surface area contributed by atoms with Gasteiger partial charge in [-0.15, -0.1) is 0 Å². The van der Waals surface area contributed by atoms with Gasteiger partial charge in [-0.3, -0.25) is 0 Å². The first-order valence-electron chi connectivity index (χ1n) is 5.72. The first-order chi connectivity index (χ1) is 7.61. The van der Waals surface area contributed by atoms with Gasteiger partial charge >= 0.3 is 0 Å². The fourth-order valence-corrected chi connectivity index (χ4v) is 2.32. The molecule has 1 saturated heterocycles. The Balaban J connectivity index is 2.12. The van der Waals surface area contributed by atoms with E-state index in [1.165, 1.54) is 0 Å². The van der Waals surface area contributed by atoms with Crippen LogP contribution in [-0.4, -0.2) is 45.0 Å². The quantitative estimate of drug-likeness (QED) is 0.483. The zero-order valence-electron chi connectivity index (χ0n) is 9.04. The van der Waals surface area contributed by atoms with Crippen LogP contribution in [0.25, 0.3) is 0 Å². The number of allylic oxidation sites excluding steroid dienone is 1. The molecule has 0 unspecified atom stereocenters. The van der Waals surface area contributed by atoms with Gasteiger partial charge in [0.2, 0.25) is 0 Å². The van der Waals surface area contributed by atoms with Crippen molar-refractivity contribution in [2.75, 3.05) is 0 Å². The normalized spacial score (nSPS) is 40.1. The van der Waals surface area contributed by atoms with Gasteiger partial charge in [0, 0.05) is 0 Å². The van der Waals surface area contributed by atoms with Crippen LogP contribution in [0.3, 0.4) is 0 Å². The molecule has 92 valence electrons. The van der Waals surface area contributed by atoms with Gasteiger partial charge < -0.3 is 25.2 Å². The highest BCUT2D eigenvalue weighted by molar-refractivity contribution is 5.16. The molecule has 0 radical (unpaired) electrons. The van der Waals surface area contributed by atoms with E-state index in [0.717, 1.165) is 37.7 Å². The Kier molecular flexibility index (Phi) is 3.49. The Labute approximate surface area is 94.0 Å². The number of hydrogen-bond acceptors (Lipinski definition) is 5. The minimum atomic E-state index is -1.42. The summed E-state index contributed by atoms with van der Waals surface area (Å²) in [6.45, 7) is 0. The Hall–Kier alpha value is -0.620. The third-order valence-corrected chi connectivity index (χ3v) is 3.33. The van der Waals surface area contributed by atoms with Gasteiger partial charge in [0.25, 0.3) is 0 Å². The average molecular weight is 230 g/mol.